The highest BCUT2D eigenvalue weighted by atomic mass is 16.4. The monoisotopic (exact) mass is 303 g/mol. The number of anilines is 1. The van der Waals surface area contributed by atoms with Crippen LogP contribution in [0, 0.1) is 12.8 Å². The number of carboxylic acid groups (broad SMARTS) is 1. The minimum atomic E-state index is -0.851. The quantitative estimate of drug-likeness (QED) is 0.888. The number of hydrogen-bond donors (Lipinski definition) is 2. The van der Waals surface area contributed by atoms with E-state index in [-0.39, 0.29) is 12.6 Å². The van der Waals surface area contributed by atoms with Gasteiger partial charge in [-0.25, -0.2) is 9.78 Å². The number of aryl methyl sites for hydroxylation is 1. The van der Waals surface area contributed by atoms with E-state index >= 15 is 0 Å². The van der Waals surface area contributed by atoms with Gasteiger partial charge in [-0.2, -0.15) is 0 Å². The van der Waals surface area contributed by atoms with Gasteiger partial charge in [-0.1, -0.05) is 0 Å². The molecule has 2 N–H and O–H groups in total. The highest BCUT2D eigenvalue weighted by Gasteiger charge is 2.28. The predicted octanol–water partition coefficient (Wildman–Crippen LogP) is 2.46. The van der Waals surface area contributed by atoms with Crippen molar-refractivity contribution in [3.8, 4) is 0 Å². The normalized spacial score (nSPS) is 18.4. The lowest BCUT2D eigenvalue weighted by Gasteiger charge is -2.30. The molecule has 2 heterocycles. The van der Waals surface area contributed by atoms with Crippen molar-refractivity contribution in [2.45, 2.75) is 19.8 Å². The number of likely N-dealkylation sites (tertiary alicyclic amines) is 1. The van der Waals surface area contributed by atoms with Gasteiger partial charge in [0.25, 0.3) is 0 Å². The summed E-state index contributed by atoms with van der Waals surface area (Å²) in [5, 5.41) is 11.8. The molecule has 116 valence electrons. The van der Waals surface area contributed by atoms with E-state index in [9.17, 15) is 9.59 Å². The van der Waals surface area contributed by atoms with Gasteiger partial charge in [-0.15, -0.1) is 0 Å². The van der Waals surface area contributed by atoms with Gasteiger partial charge in [0.15, 0.2) is 11.5 Å². The van der Waals surface area contributed by atoms with E-state index < -0.39 is 11.9 Å². The number of aromatic nitrogens is 1. The summed E-state index contributed by atoms with van der Waals surface area (Å²) in [4.78, 5) is 29.0. The first-order valence-corrected chi connectivity index (χ1v) is 7.19. The van der Waals surface area contributed by atoms with Gasteiger partial charge in [0.2, 0.25) is 0 Å². The smallest absolute Gasteiger partial charge is 0.321 e. The molecule has 0 spiro atoms. The Morgan fingerprint density at radius 2 is 2.27 bits per heavy atom. The third-order valence-electron chi connectivity index (χ3n) is 3.80. The maximum Gasteiger partial charge on any atom is 0.321 e. The lowest BCUT2D eigenvalue weighted by atomic mass is 9.99. The molecule has 2 aromatic rings. The fourth-order valence-electron chi connectivity index (χ4n) is 2.68. The molecule has 22 heavy (non-hydrogen) atoms. The Bertz CT molecular complexity index is 725. The number of amides is 2. The van der Waals surface area contributed by atoms with E-state index in [4.69, 9.17) is 9.52 Å². The van der Waals surface area contributed by atoms with Crippen molar-refractivity contribution in [2.24, 2.45) is 5.92 Å². The summed E-state index contributed by atoms with van der Waals surface area (Å²) in [5.74, 6) is -0.770. The van der Waals surface area contributed by atoms with Gasteiger partial charge in [0, 0.05) is 31.8 Å². The maximum atomic E-state index is 12.3. The number of carbonyl (C=O) groups excluding carboxylic acids is 1. The van der Waals surface area contributed by atoms with Crippen molar-refractivity contribution in [2.75, 3.05) is 18.4 Å². The number of fused-ring (bicyclic) bond motifs is 1. The van der Waals surface area contributed by atoms with Crippen LogP contribution >= 0.6 is 0 Å². The Balaban J connectivity index is 1.70. The van der Waals surface area contributed by atoms with Crippen LogP contribution in [0.15, 0.2) is 22.6 Å². The molecule has 0 saturated carbocycles. The predicted molar refractivity (Wildman–Crippen MR) is 79.7 cm³/mol. The summed E-state index contributed by atoms with van der Waals surface area (Å²) in [6.45, 7) is 2.57. The van der Waals surface area contributed by atoms with Crippen LogP contribution in [0.2, 0.25) is 0 Å². The molecule has 0 radical (unpaired) electrons. The van der Waals surface area contributed by atoms with Gasteiger partial charge >= 0.3 is 12.0 Å². The zero-order valence-electron chi connectivity index (χ0n) is 12.2. The number of nitrogens with one attached hydrogen (secondary N) is 1. The summed E-state index contributed by atoms with van der Waals surface area (Å²) >= 11 is 0. The first-order chi connectivity index (χ1) is 10.5. The van der Waals surface area contributed by atoms with E-state index in [1.54, 1.807) is 25.1 Å². The zero-order chi connectivity index (χ0) is 15.7. The third kappa shape index (κ3) is 2.88. The third-order valence-corrected chi connectivity index (χ3v) is 3.80. The molecular weight excluding hydrogens is 286 g/mol. The van der Waals surface area contributed by atoms with Crippen molar-refractivity contribution in [1.29, 1.82) is 0 Å². The summed E-state index contributed by atoms with van der Waals surface area (Å²) in [6.07, 6.45) is 1.31. The number of carbonyl (C=O) groups is 2. The van der Waals surface area contributed by atoms with Crippen LogP contribution in [0.25, 0.3) is 11.1 Å². The molecule has 1 atom stereocenters. The van der Waals surface area contributed by atoms with E-state index in [1.165, 1.54) is 4.90 Å². The number of benzene rings is 1. The molecule has 1 aromatic heterocycles. The zero-order valence-corrected chi connectivity index (χ0v) is 12.2. The van der Waals surface area contributed by atoms with E-state index in [0.717, 1.165) is 5.52 Å². The number of rotatable bonds is 2. The van der Waals surface area contributed by atoms with E-state index in [2.05, 4.69) is 10.3 Å². The summed E-state index contributed by atoms with van der Waals surface area (Å²) < 4.78 is 5.43. The first-order valence-electron chi connectivity index (χ1n) is 7.19. The summed E-state index contributed by atoms with van der Waals surface area (Å²) in [7, 11) is 0. The number of nitrogens with zero attached hydrogens (tertiary/aromatic N) is 2. The van der Waals surface area contributed by atoms with Gasteiger partial charge in [0.1, 0.15) is 5.52 Å². The molecule has 7 nitrogen and oxygen atoms in total. The lowest BCUT2D eigenvalue weighted by molar-refractivity contribution is -0.143. The second-order valence-corrected chi connectivity index (χ2v) is 5.47. The molecule has 1 aromatic carbocycles. The Morgan fingerprint density at radius 3 is 3.05 bits per heavy atom. The van der Waals surface area contributed by atoms with E-state index in [0.29, 0.717) is 36.5 Å². The van der Waals surface area contributed by atoms with Crippen LogP contribution in [-0.4, -0.2) is 40.1 Å². The number of aliphatic carboxylic acids is 1. The van der Waals surface area contributed by atoms with Crippen molar-refractivity contribution in [3.05, 3.63) is 24.1 Å². The lowest BCUT2D eigenvalue weighted by Crippen LogP contribution is -2.44. The van der Waals surface area contributed by atoms with Crippen molar-refractivity contribution in [1.82, 2.24) is 9.88 Å². The highest BCUT2D eigenvalue weighted by molar-refractivity contribution is 5.92. The van der Waals surface area contributed by atoms with Gasteiger partial charge in [0.05, 0.1) is 5.92 Å². The van der Waals surface area contributed by atoms with Gasteiger partial charge in [-0.3, -0.25) is 4.79 Å². The van der Waals surface area contributed by atoms with Crippen LogP contribution in [0.3, 0.4) is 0 Å². The molecule has 0 aliphatic carbocycles. The van der Waals surface area contributed by atoms with Crippen LogP contribution < -0.4 is 5.32 Å². The Morgan fingerprint density at radius 1 is 1.45 bits per heavy atom. The second kappa shape index (κ2) is 5.67. The molecule has 0 bridgehead atoms. The Labute approximate surface area is 126 Å². The van der Waals surface area contributed by atoms with Crippen molar-refractivity contribution >= 4 is 28.8 Å². The van der Waals surface area contributed by atoms with Gasteiger partial charge in [-0.05, 0) is 25.0 Å². The van der Waals surface area contributed by atoms with Gasteiger partial charge < -0.3 is 19.7 Å². The fraction of sp³-hybridized carbons (Fsp3) is 0.400. The summed E-state index contributed by atoms with van der Waals surface area (Å²) in [5.41, 5.74) is 1.95. The second-order valence-electron chi connectivity index (χ2n) is 5.47. The topological polar surface area (TPSA) is 95.7 Å². The Kier molecular flexibility index (Phi) is 3.70. The molecule has 1 saturated heterocycles. The molecule has 3 rings (SSSR count). The number of hydrogen-bond acceptors (Lipinski definition) is 4. The van der Waals surface area contributed by atoms with Crippen molar-refractivity contribution < 1.29 is 19.1 Å². The number of urea groups is 1. The molecule has 1 aliphatic heterocycles. The fourth-order valence-corrected chi connectivity index (χ4v) is 2.68. The average Bonchev–Trinajstić information content (AvgIpc) is 2.86. The molecule has 1 unspecified atom stereocenters. The van der Waals surface area contributed by atoms with Crippen LogP contribution in [-0.2, 0) is 4.79 Å². The van der Waals surface area contributed by atoms with Crippen LogP contribution in [0.1, 0.15) is 18.7 Å². The molecule has 7 heteroatoms. The Hall–Kier alpha value is -2.57. The number of carboxylic acids is 1. The standard InChI is InChI=1S/C15H17N3O4/c1-9-16-12-5-4-11(7-13(12)22-9)17-15(21)18-6-2-3-10(8-18)14(19)20/h4-5,7,10H,2-3,6,8H2,1H3,(H,17,21)(H,19,20). The van der Waals surface area contributed by atoms with E-state index in [1.807, 2.05) is 0 Å². The molecule has 2 amide bonds. The first kappa shape index (κ1) is 14.4. The van der Waals surface area contributed by atoms with Crippen LogP contribution in [0.4, 0.5) is 10.5 Å². The molecule has 1 fully saturated rings. The summed E-state index contributed by atoms with van der Waals surface area (Å²) in [6, 6.07) is 4.95. The minimum Gasteiger partial charge on any atom is -0.481 e. The maximum absolute atomic E-state index is 12.3. The largest absolute Gasteiger partial charge is 0.481 e. The molecule has 1 aliphatic rings. The van der Waals surface area contributed by atoms with Crippen molar-refractivity contribution in [3.63, 3.8) is 0 Å². The minimum absolute atomic E-state index is 0.241. The highest BCUT2D eigenvalue weighted by Crippen LogP contribution is 2.21. The average molecular weight is 303 g/mol. The number of oxazole rings is 1. The number of piperidine rings is 1. The molecular formula is C15H17N3O4. The van der Waals surface area contributed by atoms with Crippen LogP contribution in [0.5, 0.6) is 0 Å². The SMILES string of the molecule is Cc1nc2ccc(NC(=O)N3CCCC(C(=O)O)C3)cc2o1.